The molecule has 0 saturated carbocycles. The van der Waals surface area contributed by atoms with Gasteiger partial charge in [-0.25, -0.2) is 0 Å². The molecule has 0 heterocycles. The smallest absolute Gasteiger partial charge is 0.327 e. The highest BCUT2D eigenvalue weighted by atomic mass is 35.5. The zero-order valence-electron chi connectivity index (χ0n) is 8.77. The summed E-state index contributed by atoms with van der Waals surface area (Å²) in [6.45, 7) is 4.87. The summed E-state index contributed by atoms with van der Waals surface area (Å²) in [5, 5.41) is 13.8. The van der Waals surface area contributed by atoms with Gasteiger partial charge in [-0.1, -0.05) is 17.7 Å². The zero-order valence-corrected chi connectivity index (χ0v) is 9.53. The number of hydrazone groups is 1. The number of rotatable bonds is 5. The molecule has 1 aromatic carbocycles. The van der Waals surface area contributed by atoms with Crippen molar-refractivity contribution in [2.24, 2.45) is 5.10 Å². The topological polar surface area (TPSA) is 64.9 Å². The Labute approximate surface area is 98.3 Å². The summed E-state index contributed by atoms with van der Waals surface area (Å²) < 4.78 is 0. The molecule has 0 fully saturated rings. The lowest BCUT2D eigenvalue weighted by molar-refractivity contribution is -0.137. The van der Waals surface area contributed by atoms with E-state index in [2.05, 4.69) is 17.2 Å². The maximum atomic E-state index is 10.5. The van der Waals surface area contributed by atoms with Crippen molar-refractivity contribution in [1.29, 1.82) is 0 Å². The van der Waals surface area contributed by atoms with Gasteiger partial charge in [0, 0.05) is 11.7 Å². The van der Waals surface area contributed by atoms with Crippen molar-refractivity contribution < 1.29 is 9.90 Å². The first kappa shape index (κ1) is 12.3. The maximum absolute atomic E-state index is 10.5. The SMILES string of the molecule is C=NN(CC(=O)O)Nc1ccc(C)c(Cl)c1. The Morgan fingerprint density at radius 2 is 2.38 bits per heavy atom. The van der Waals surface area contributed by atoms with E-state index in [1.54, 1.807) is 12.1 Å². The number of carboxylic acid groups (broad SMARTS) is 1. The van der Waals surface area contributed by atoms with Gasteiger partial charge in [-0.3, -0.25) is 10.2 Å². The minimum atomic E-state index is -1.00. The molecule has 1 aromatic rings. The van der Waals surface area contributed by atoms with Crippen LogP contribution in [-0.4, -0.2) is 29.5 Å². The third-order valence-electron chi connectivity index (χ3n) is 1.89. The van der Waals surface area contributed by atoms with Crippen LogP contribution in [0.4, 0.5) is 5.69 Å². The van der Waals surface area contributed by atoms with Crippen LogP contribution in [0, 0.1) is 6.92 Å². The van der Waals surface area contributed by atoms with Gasteiger partial charge in [-0.15, -0.1) is 0 Å². The van der Waals surface area contributed by atoms with Gasteiger partial charge in [0.15, 0.2) is 6.54 Å². The van der Waals surface area contributed by atoms with Gasteiger partial charge in [-0.05, 0) is 24.6 Å². The molecule has 5 nitrogen and oxygen atoms in total. The summed E-state index contributed by atoms with van der Waals surface area (Å²) in [5.74, 6) is -1.00. The molecule has 0 saturated heterocycles. The summed E-state index contributed by atoms with van der Waals surface area (Å²) >= 11 is 5.93. The van der Waals surface area contributed by atoms with Crippen molar-refractivity contribution >= 4 is 30.0 Å². The van der Waals surface area contributed by atoms with Crippen molar-refractivity contribution in [3.8, 4) is 0 Å². The molecule has 1 rings (SSSR count). The number of carboxylic acids is 1. The Bertz CT molecular complexity index is 409. The highest BCUT2D eigenvalue weighted by molar-refractivity contribution is 6.31. The molecule has 0 amide bonds. The molecule has 0 aliphatic carbocycles. The molecule has 0 spiro atoms. The lowest BCUT2D eigenvalue weighted by atomic mass is 10.2. The van der Waals surface area contributed by atoms with E-state index in [9.17, 15) is 4.79 Å². The summed E-state index contributed by atoms with van der Waals surface area (Å²) in [6, 6.07) is 5.30. The number of carbonyl (C=O) groups is 1. The van der Waals surface area contributed by atoms with Crippen molar-refractivity contribution in [3.05, 3.63) is 28.8 Å². The predicted octanol–water partition coefficient (Wildman–Crippen LogP) is 1.98. The van der Waals surface area contributed by atoms with E-state index < -0.39 is 5.97 Å². The van der Waals surface area contributed by atoms with E-state index in [-0.39, 0.29) is 6.54 Å². The van der Waals surface area contributed by atoms with Gasteiger partial charge in [-0.2, -0.15) is 10.2 Å². The molecule has 6 heteroatoms. The quantitative estimate of drug-likeness (QED) is 0.611. The van der Waals surface area contributed by atoms with E-state index in [1.165, 1.54) is 0 Å². The number of nitrogens with zero attached hydrogens (tertiary/aromatic N) is 2. The van der Waals surface area contributed by atoms with Crippen LogP contribution in [0.3, 0.4) is 0 Å². The number of halogens is 1. The Morgan fingerprint density at radius 1 is 1.69 bits per heavy atom. The third kappa shape index (κ3) is 3.43. The van der Waals surface area contributed by atoms with Crippen LogP contribution in [0.2, 0.25) is 5.02 Å². The Hall–Kier alpha value is -1.75. The van der Waals surface area contributed by atoms with Crippen LogP contribution in [0.15, 0.2) is 23.3 Å². The molecule has 0 aliphatic heterocycles. The minimum Gasteiger partial charge on any atom is -0.480 e. The number of benzene rings is 1. The first-order valence-electron chi connectivity index (χ1n) is 4.51. The van der Waals surface area contributed by atoms with Crippen LogP contribution in [0.25, 0.3) is 0 Å². The molecule has 16 heavy (non-hydrogen) atoms. The van der Waals surface area contributed by atoms with E-state index in [0.717, 1.165) is 10.7 Å². The maximum Gasteiger partial charge on any atom is 0.327 e. The number of anilines is 1. The first-order valence-corrected chi connectivity index (χ1v) is 4.89. The second-order valence-corrected chi connectivity index (χ2v) is 3.58. The van der Waals surface area contributed by atoms with Gasteiger partial charge in [0.25, 0.3) is 0 Å². The number of hydrogen-bond donors (Lipinski definition) is 2. The minimum absolute atomic E-state index is 0.283. The van der Waals surface area contributed by atoms with E-state index >= 15 is 0 Å². The molecule has 0 unspecified atom stereocenters. The predicted molar refractivity (Wildman–Crippen MR) is 63.7 cm³/mol. The Kier molecular flexibility index (Phi) is 4.13. The van der Waals surface area contributed by atoms with E-state index in [0.29, 0.717) is 10.7 Å². The van der Waals surface area contributed by atoms with E-state index in [1.807, 2.05) is 13.0 Å². The number of hydrogen-bond acceptors (Lipinski definition) is 4. The number of aliphatic carboxylic acids is 1. The lowest BCUT2D eigenvalue weighted by Gasteiger charge is -2.18. The van der Waals surface area contributed by atoms with Crippen molar-refractivity contribution in [2.75, 3.05) is 12.0 Å². The molecule has 0 aliphatic rings. The highest BCUT2D eigenvalue weighted by Gasteiger charge is 2.06. The third-order valence-corrected chi connectivity index (χ3v) is 2.29. The standard InChI is InChI=1S/C10H12ClN3O2/c1-7-3-4-8(5-9(7)11)13-14(12-2)6-10(15)16/h3-5,13H,2,6H2,1H3,(H,15,16). The fourth-order valence-electron chi connectivity index (χ4n) is 1.06. The van der Waals surface area contributed by atoms with Gasteiger partial charge in [0.05, 0.1) is 5.69 Å². The first-order chi connectivity index (χ1) is 7.52. The molecule has 0 bridgehead atoms. The Balaban J connectivity index is 2.74. The van der Waals surface area contributed by atoms with Gasteiger partial charge in [0.2, 0.25) is 0 Å². The van der Waals surface area contributed by atoms with Gasteiger partial charge >= 0.3 is 5.97 Å². The van der Waals surface area contributed by atoms with E-state index in [4.69, 9.17) is 16.7 Å². The van der Waals surface area contributed by atoms with Crippen LogP contribution in [0.5, 0.6) is 0 Å². The molecule has 2 N–H and O–H groups in total. The number of aryl methyl sites for hydroxylation is 1. The largest absolute Gasteiger partial charge is 0.480 e. The molecule has 0 aromatic heterocycles. The van der Waals surface area contributed by atoms with Crippen LogP contribution >= 0.6 is 11.6 Å². The molecule has 86 valence electrons. The van der Waals surface area contributed by atoms with Gasteiger partial charge in [0.1, 0.15) is 0 Å². The fraction of sp³-hybridized carbons (Fsp3) is 0.200. The number of hydrazine groups is 1. The number of nitrogens with one attached hydrogen (secondary N) is 1. The monoisotopic (exact) mass is 241 g/mol. The van der Waals surface area contributed by atoms with Crippen LogP contribution in [0.1, 0.15) is 5.56 Å². The Morgan fingerprint density at radius 3 is 2.88 bits per heavy atom. The van der Waals surface area contributed by atoms with Crippen LogP contribution in [-0.2, 0) is 4.79 Å². The molecule has 0 atom stereocenters. The second-order valence-electron chi connectivity index (χ2n) is 3.17. The normalized spacial score (nSPS) is 9.62. The van der Waals surface area contributed by atoms with Crippen molar-refractivity contribution in [3.63, 3.8) is 0 Å². The van der Waals surface area contributed by atoms with Crippen molar-refractivity contribution in [1.82, 2.24) is 5.12 Å². The highest BCUT2D eigenvalue weighted by Crippen LogP contribution is 2.20. The average Bonchev–Trinajstić information content (AvgIpc) is 2.22. The summed E-state index contributed by atoms with van der Waals surface area (Å²) in [4.78, 5) is 10.5. The van der Waals surface area contributed by atoms with Gasteiger partial charge < -0.3 is 5.11 Å². The second kappa shape index (κ2) is 5.37. The van der Waals surface area contributed by atoms with Crippen molar-refractivity contribution in [2.45, 2.75) is 6.92 Å². The summed E-state index contributed by atoms with van der Waals surface area (Å²) in [7, 11) is 0. The lowest BCUT2D eigenvalue weighted by Crippen LogP contribution is -2.29. The fourth-order valence-corrected chi connectivity index (χ4v) is 1.24. The molecular weight excluding hydrogens is 230 g/mol. The summed E-state index contributed by atoms with van der Waals surface area (Å²) in [5.41, 5.74) is 4.37. The van der Waals surface area contributed by atoms with Crippen LogP contribution < -0.4 is 5.43 Å². The molecular formula is C10H12ClN3O2. The summed E-state index contributed by atoms with van der Waals surface area (Å²) in [6.07, 6.45) is 0. The average molecular weight is 242 g/mol. The zero-order chi connectivity index (χ0) is 12.1. The molecule has 0 radical (unpaired) electrons.